The van der Waals surface area contributed by atoms with Crippen molar-refractivity contribution in [2.24, 2.45) is 5.92 Å². The zero-order valence-electron chi connectivity index (χ0n) is 8.12. The third kappa shape index (κ3) is 3.32. The Hall–Kier alpha value is -0.610. The molecule has 0 bridgehead atoms. The zero-order chi connectivity index (χ0) is 9.68. The van der Waals surface area contributed by atoms with Crippen molar-refractivity contribution in [2.45, 2.75) is 20.4 Å². The van der Waals surface area contributed by atoms with Crippen LogP contribution in [0.1, 0.15) is 13.8 Å². The molecule has 0 saturated heterocycles. The van der Waals surface area contributed by atoms with Gasteiger partial charge in [0.2, 0.25) is 0 Å². The van der Waals surface area contributed by atoms with Crippen LogP contribution in [-0.4, -0.2) is 17.7 Å². The van der Waals surface area contributed by atoms with E-state index in [1.165, 1.54) is 11.3 Å². The van der Waals surface area contributed by atoms with Crippen LogP contribution in [0.2, 0.25) is 0 Å². The number of nitrogens with one attached hydrogen (secondary N) is 1. The van der Waals surface area contributed by atoms with Gasteiger partial charge in [0.05, 0.1) is 0 Å². The van der Waals surface area contributed by atoms with Gasteiger partial charge in [-0.2, -0.15) is 0 Å². The van der Waals surface area contributed by atoms with Gasteiger partial charge in [0.25, 0.3) is 0 Å². The average Bonchev–Trinajstić information content (AvgIpc) is 2.48. The molecule has 0 aliphatic carbocycles. The first-order valence-corrected chi connectivity index (χ1v) is 5.46. The largest absolute Gasteiger partial charge is 0.317 e. The first-order valence-electron chi connectivity index (χ1n) is 4.58. The van der Waals surface area contributed by atoms with Gasteiger partial charge in [0.15, 0.2) is 0 Å². The van der Waals surface area contributed by atoms with Gasteiger partial charge in [-0.3, -0.25) is 4.79 Å². The van der Waals surface area contributed by atoms with Crippen LogP contribution in [0.3, 0.4) is 0 Å². The molecule has 0 amide bonds. The van der Waals surface area contributed by atoms with E-state index in [0.717, 1.165) is 19.6 Å². The van der Waals surface area contributed by atoms with Gasteiger partial charge in [0, 0.05) is 18.1 Å². The number of aromatic nitrogens is 1. The predicted molar refractivity (Wildman–Crippen MR) is 56.3 cm³/mol. The van der Waals surface area contributed by atoms with Gasteiger partial charge < -0.3 is 9.88 Å². The molecule has 3 nitrogen and oxygen atoms in total. The third-order valence-electron chi connectivity index (χ3n) is 1.90. The SMILES string of the molecule is CCNCC(C)Cn1ccsc1=O. The summed E-state index contributed by atoms with van der Waals surface area (Å²) in [5.41, 5.74) is 0. The van der Waals surface area contributed by atoms with Crippen LogP contribution < -0.4 is 10.2 Å². The lowest BCUT2D eigenvalue weighted by molar-refractivity contribution is 0.448. The second-order valence-corrected chi connectivity index (χ2v) is 4.09. The van der Waals surface area contributed by atoms with E-state index in [1.54, 1.807) is 4.57 Å². The second kappa shape index (κ2) is 5.19. The van der Waals surface area contributed by atoms with E-state index in [-0.39, 0.29) is 4.87 Å². The van der Waals surface area contributed by atoms with Crippen molar-refractivity contribution in [3.63, 3.8) is 0 Å². The van der Waals surface area contributed by atoms with Crippen LogP contribution in [0.15, 0.2) is 16.4 Å². The van der Waals surface area contributed by atoms with Crippen molar-refractivity contribution < 1.29 is 0 Å². The molecule has 4 heteroatoms. The Morgan fingerprint density at radius 3 is 3.00 bits per heavy atom. The number of nitrogens with zero attached hydrogens (tertiary/aromatic N) is 1. The lowest BCUT2D eigenvalue weighted by atomic mass is 10.2. The summed E-state index contributed by atoms with van der Waals surface area (Å²) in [6.45, 7) is 7.01. The molecule has 1 heterocycles. The van der Waals surface area contributed by atoms with Gasteiger partial charge >= 0.3 is 4.87 Å². The minimum Gasteiger partial charge on any atom is -0.317 e. The number of hydrogen-bond acceptors (Lipinski definition) is 3. The van der Waals surface area contributed by atoms with Gasteiger partial charge in [-0.1, -0.05) is 25.2 Å². The molecule has 1 aromatic rings. The number of hydrogen-bond donors (Lipinski definition) is 1. The summed E-state index contributed by atoms with van der Waals surface area (Å²) >= 11 is 1.26. The summed E-state index contributed by atoms with van der Waals surface area (Å²) in [6, 6.07) is 0. The van der Waals surface area contributed by atoms with Crippen molar-refractivity contribution in [1.29, 1.82) is 0 Å². The molecule has 13 heavy (non-hydrogen) atoms. The lowest BCUT2D eigenvalue weighted by Gasteiger charge is -2.11. The van der Waals surface area contributed by atoms with Gasteiger partial charge in [0.1, 0.15) is 0 Å². The van der Waals surface area contributed by atoms with E-state index in [1.807, 2.05) is 11.6 Å². The van der Waals surface area contributed by atoms with E-state index in [2.05, 4.69) is 19.2 Å². The average molecular weight is 200 g/mol. The van der Waals surface area contributed by atoms with Crippen LogP contribution in [-0.2, 0) is 6.54 Å². The highest BCUT2D eigenvalue weighted by atomic mass is 32.1. The van der Waals surface area contributed by atoms with Crippen LogP contribution in [0.4, 0.5) is 0 Å². The summed E-state index contributed by atoms with van der Waals surface area (Å²) in [5, 5.41) is 5.10. The molecule has 1 rings (SSSR count). The van der Waals surface area contributed by atoms with Crippen LogP contribution in [0.5, 0.6) is 0 Å². The summed E-state index contributed by atoms with van der Waals surface area (Å²) < 4.78 is 1.77. The van der Waals surface area contributed by atoms with Crippen molar-refractivity contribution in [3.05, 3.63) is 21.2 Å². The topological polar surface area (TPSA) is 34.0 Å². The Bertz CT molecular complexity index is 292. The Morgan fingerprint density at radius 1 is 1.69 bits per heavy atom. The minimum atomic E-state index is 0.142. The predicted octanol–water partition coefficient (Wildman–Crippen LogP) is 1.16. The van der Waals surface area contributed by atoms with E-state index < -0.39 is 0 Å². The maximum atomic E-state index is 11.2. The fourth-order valence-corrected chi connectivity index (χ4v) is 1.81. The van der Waals surface area contributed by atoms with Crippen LogP contribution in [0, 0.1) is 5.92 Å². The van der Waals surface area contributed by atoms with Crippen molar-refractivity contribution in [2.75, 3.05) is 13.1 Å². The maximum Gasteiger partial charge on any atom is 0.307 e. The monoisotopic (exact) mass is 200 g/mol. The molecule has 0 aliphatic heterocycles. The highest BCUT2D eigenvalue weighted by Crippen LogP contribution is 1.98. The first-order chi connectivity index (χ1) is 6.24. The molecule has 74 valence electrons. The minimum absolute atomic E-state index is 0.142. The fourth-order valence-electron chi connectivity index (χ4n) is 1.22. The molecule has 0 aliphatic rings. The molecule has 1 N–H and O–H groups in total. The van der Waals surface area contributed by atoms with Gasteiger partial charge in [-0.15, -0.1) is 0 Å². The van der Waals surface area contributed by atoms with Crippen LogP contribution >= 0.6 is 11.3 Å². The van der Waals surface area contributed by atoms with Crippen molar-refractivity contribution in [3.8, 4) is 0 Å². The Kier molecular flexibility index (Phi) is 4.18. The van der Waals surface area contributed by atoms with E-state index in [4.69, 9.17) is 0 Å². The number of thiazole rings is 1. The molecule has 0 radical (unpaired) electrons. The molecule has 1 aromatic heterocycles. The Morgan fingerprint density at radius 2 is 2.46 bits per heavy atom. The summed E-state index contributed by atoms with van der Waals surface area (Å²) in [4.78, 5) is 11.3. The summed E-state index contributed by atoms with van der Waals surface area (Å²) in [7, 11) is 0. The number of rotatable bonds is 5. The molecular weight excluding hydrogens is 184 g/mol. The van der Waals surface area contributed by atoms with Crippen molar-refractivity contribution in [1.82, 2.24) is 9.88 Å². The smallest absolute Gasteiger partial charge is 0.307 e. The molecule has 1 unspecified atom stereocenters. The summed E-state index contributed by atoms with van der Waals surface area (Å²) in [6.07, 6.45) is 1.86. The van der Waals surface area contributed by atoms with E-state index >= 15 is 0 Å². The maximum absolute atomic E-state index is 11.2. The quantitative estimate of drug-likeness (QED) is 0.774. The third-order valence-corrected chi connectivity index (χ3v) is 2.59. The van der Waals surface area contributed by atoms with E-state index in [9.17, 15) is 4.79 Å². The normalized spacial score (nSPS) is 13.1. The molecule has 0 fully saturated rings. The summed E-state index contributed by atoms with van der Waals surface area (Å²) in [5.74, 6) is 0.507. The molecule has 0 aromatic carbocycles. The fraction of sp³-hybridized carbons (Fsp3) is 0.667. The van der Waals surface area contributed by atoms with Gasteiger partial charge in [-0.05, 0) is 19.0 Å². The second-order valence-electron chi connectivity index (χ2n) is 3.23. The molecule has 1 atom stereocenters. The van der Waals surface area contributed by atoms with Crippen LogP contribution in [0.25, 0.3) is 0 Å². The standard InChI is InChI=1S/C9H16N2OS/c1-3-10-6-8(2)7-11-4-5-13-9(11)12/h4-5,8,10H,3,6-7H2,1-2H3. The lowest BCUT2D eigenvalue weighted by Crippen LogP contribution is -2.26. The zero-order valence-corrected chi connectivity index (χ0v) is 8.93. The van der Waals surface area contributed by atoms with Gasteiger partial charge in [-0.25, -0.2) is 0 Å². The Labute approximate surface area is 82.4 Å². The molecule has 0 saturated carbocycles. The molecule has 0 spiro atoms. The molecular formula is C9H16N2OS. The Balaban J connectivity index is 2.40. The highest BCUT2D eigenvalue weighted by Gasteiger charge is 2.03. The van der Waals surface area contributed by atoms with Crippen molar-refractivity contribution >= 4 is 11.3 Å². The first kappa shape index (κ1) is 10.5. The van der Waals surface area contributed by atoms with E-state index in [0.29, 0.717) is 5.92 Å². The highest BCUT2D eigenvalue weighted by molar-refractivity contribution is 7.07.